The maximum absolute atomic E-state index is 12.1. The Morgan fingerprint density at radius 3 is 2.76 bits per heavy atom. The second kappa shape index (κ2) is 7.07. The molecule has 0 saturated carbocycles. The quantitative estimate of drug-likeness (QED) is 0.790. The van der Waals surface area contributed by atoms with Crippen LogP contribution in [0.25, 0.3) is 0 Å². The van der Waals surface area contributed by atoms with Crippen LogP contribution in [0.5, 0.6) is 0 Å². The molecule has 1 aromatic rings. The summed E-state index contributed by atoms with van der Waals surface area (Å²) in [5, 5.41) is 11.9. The van der Waals surface area contributed by atoms with E-state index in [1.165, 1.54) is 0 Å². The standard InChI is InChI=1S/C17H21NO3/c1-12-6-2-5-9-14(12)15(11-17(20)21)18-16(19)10-13-7-3-4-8-13/h2-3,5-7,9,13,15H,4,8,10-11H2,1H3,(H,18,19)(H,20,21)/t13-,15+/m1/s1. The van der Waals surface area contributed by atoms with E-state index in [2.05, 4.69) is 17.5 Å². The van der Waals surface area contributed by atoms with Gasteiger partial charge in [0.2, 0.25) is 5.91 Å². The highest BCUT2D eigenvalue weighted by Gasteiger charge is 2.21. The van der Waals surface area contributed by atoms with Crippen LogP contribution in [0.3, 0.4) is 0 Å². The predicted octanol–water partition coefficient (Wildman–Crippen LogP) is 2.98. The maximum atomic E-state index is 12.1. The van der Waals surface area contributed by atoms with Crippen LogP contribution in [0.1, 0.15) is 42.9 Å². The molecule has 0 aliphatic heterocycles. The van der Waals surface area contributed by atoms with Crippen LogP contribution >= 0.6 is 0 Å². The van der Waals surface area contributed by atoms with E-state index in [9.17, 15) is 9.59 Å². The fourth-order valence-electron chi connectivity index (χ4n) is 2.75. The van der Waals surface area contributed by atoms with Crippen molar-refractivity contribution in [1.82, 2.24) is 5.32 Å². The summed E-state index contributed by atoms with van der Waals surface area (Å²) in [4.78, 5) is 23.2. The summed E-state index contributed by atoms with van der Waals surface area (Å²) in [6.07, 6.45) is 6.51. The molecule has 0 radical (unpaired) electrons. The van der Waals surface area contributed by atoms with E-state index < -0.39 is 12.0 Å². The molecule has 0 bridgehead atoms. The molecular formula is C17H21NO3. The van der Waals surface area contributed by atoms with Crippen LogP contribution in [0.4, 0.5) is 0 Å². The smallest absolute Gasteiger partial charge is 0.305 e. The van der Waals surface area contributed by atoms with E-state index in [0.29, 0.717) is 6.42 Å². The third kappa shape index (κ3) is 4.45. The molecule has 4 heteroatoms. The van der Waals surface area contributed by atoms with E-state index in [1.807, 2.05) is 31.2 Å². The summed E-state index contributed by atoms with van der Waals surface area (Å²) >= 11 is 0. The van der Waals surface area contributed by atoms with Crippen molar-refractivity contribution in [1.29, 1.82) is 0 Å². The van der Waals surface area contributed by atoms with Gasteiger partial charge >= 0.3 is 5.97 Å². The van der Waals surface area contributed by atoms with Crippen LogP contribution in [-0.4, -0.2) is 17.0 Å². The summed E-state index contributed by atoms with van der Waals surface area (Å²) in [6, 6.07) is 7.10. The number of rotatable bonds is 6. The first kappa shape index (κ1) is 15.3. The summed E-state index contributed by atoms with van der Waals surface area (Å²) in [5.41, 5.74) is 1.86. The molecule has 1 amide bonds. The number of carboxylic acid groups (broad SMARTS) is 1. The van der Waals surface area contributed by atoms with Gasteiger partial charge in [-0.15, -0.1) is 0 Å². The number of carboxylic acids is 1. The normalized spacial score (nSPS) is 18.4. The monoisotopic (exact) mass is 287 g/mol. The average Bonchev–Trinajstić information content (AvgIpc) is 2.90. The lowest BCUT2D eigenvalue weighted by molar-refractivity contribution is -0.137. The molecule has 0 unspecified atom stereocenters. The van der Waals surface area contributed by atoms with Crippen molar-refractivity contribution in [2.75, 3.05) is 0 Å². The number of hydrogen-bond donors (Lipinski definition) is 2. The second-order valence-electron chi connectivity index (χ2n) is 5.54. The van der Waals surface area contributed by atoms with Gasteiger partial charge in [-0.1, -0.05) is 36.4 Å². The van der Waals surface area contributed by atoms with E-state index in [-0.39, 0.29) is 18.2 Å². The number of hydrogen-bond acceptors (Lipinski definition) is 2. The molecule has 0 aromatic heterocycles. The fourth-order valence-corrected chi connectivity index (χ4v) is 2.75. The lowest BCUT2D eigenvalue weighted by Gasteiger charge is -2.20. The van der Waals surface area contributed by atoms with Gasteiger partial charge in [-0.05, 0) is 36.8 Å². The molecule has 2 N–H and O–H groups in total. The Morgan fingerprint density at radius 1 is 1.38 bits per heavy atom. The van der Waals surface area contributed by atoms with Crippen LogP contribution in [-0.2, 0) is 9.59 Å². The van der Waals surface area contributed by atoms with Crippen LogP contribution in [0, 0.1) is 12.8 Å². The number of aliphatic carboxylic acids is 1. The molecule has 21 heavy (non-hydrogen) atoms. The van der Waals surface area contributed by atoms with Crippen molar-refractivity contribution in [2.45, 2.75) is 38.6 Å². The maximum Gasteiger partial charge on any atom is 0.305 e. The summed E-state index contributed by atoms with van der Waals surface area (Å²) < 4.78 is 0. The minimum Gasteiger partial charge on any atom is -0.481 e. The van der Waals surface area contributed by atoms with Gasteiger partial charge in [-0.25, -0.2) is 0 Å². The Bertz CT molecular complexity index is 551. The van der Waals surface area contributed by atoms with Crippen molar-refractivity contribution in [2.24, 2.45) is 5.92 Å². The molecule has 112 valence electrons. The fraction of sp³-hybridized carbons (Fsp3) is 0.412. The van der Waals surface area contributed by atoms with Gasteiger partial charge < -0.3 is 10.4 Å². The van der Waals surface area contributed by atoms with Crippen LogP contribution < -0.4 is 5.32 Å². The number of benzene rings is 1. The highest BCUT2D eigenvalue weighted by atomic mass is 16.4. The number of nitrogens with one attached hydrogen (secondary N) is 1. The highest BCUT2D eigenvalue weighted by Crippen LogP contribution is 2.23. The minimum absolute atomic E-state index is 0.0824. The van der Waals surface area contributed by atoms with Crippen molar-refractivity contribution in [3.8, 4) is 0 Å². The molecule has 2 atom stereocenters. The zero-order valence-corrected chi connectivity index (χ0v) is 12.2. The largest absolute Gasteiger partial charge is 0.481 e. The van der Waals surface area contributed by atoms with Gasteiger partial charge in [0.15, 0.2) is 0 Å². The summed E-state index contributed by atoms with van der Waals surface area (Å²) in [7, 11) is 0. The van der Waals surface area contributed by atoms with Crippen molar-refractivity contribution < 1.29 is 14.7 Å². The Labute approximate surface area is 124 Å². The Hall–Kier alpha value is -2.10. The SMILES string of the molecule is Cc1ccccc1[C@H](CC(=O)O)NC(=O)C[C@@H]1C=CCC1. The molecule has 1 aliphatic carbocycles. The van der Waals surface area contributed by atoms with Gasteiger partial charge in [0.1, 0.15) is 0 Å². The number of carbonyl (C=O) groups excluding carboxylic acids is 1. The van der Waals surface area contributed by atoms with E-state index >= 15 is 0 Å². The molecule has 4 nitrogen and oxygen atoms in total. The Balaban J connectivity index is 2.05. The van der Waals surface area contributed by atoms with Crippen molar-refractivity contribution in [3.05, 3.63) is 47.5 Å². The highest BCUT2D eigenvalue weighted by molar-refractivity contribution is 5.78. The zero-order valence-electron chi connectivity index (χ0n) is 12.2. The van der Waals surface area contributed by atoms with Crippen LogP contribution in [0.15, 0.2) is 36.4 Å². The third-order valence-electron chi connectivity index (χ3n) is 3.84. The average molecular weight is 287 g/mol. The number of amides is 1. The molecule has 0 saturated heterocycles. The van der Waals surface area contributed by atoms with Gasteiger partial charge in [-0.2, -0.15) is 0 Å². The second-order valence-corrected chi connectivity index (χ2v) is 5.54. The first-order valence-corrected chi connectivity index (χ1v) is 7.29. The van der Waals surface area contributed by atoms with Crippen molar-refractivity contribution >= 4 is 11.9 Å². The van der Waals surface area contributed by atoms with Gasteiger partial charge in [0, 0.05) is 6.42 Å². The molecule has 2 rings (SSSR count). The number of carbonyl (C=O) groups is 2. The van der Waals surface area contributed by atoms with E-state index in [4.69, 9.17) is 5.11 Å². The van der Waals surface area contributed by atoms with Crippen LogP contribution in [0.2, 0.25) is 0 Å². The number of allylic oxidation sites excluding steroid dienone is 2. The third-order valence-corrected chi connectivity index (χ3v) is 3.84. The predicted molar refractivity (Wildman–Crippen MR) is 80.8 cm³/mol. The van der Waals surface area contributed by atoms with Gasteiger partial charge in [-0.3, -0.25) is 9.59 Å². The summed E-state index contributed by atoms with van der Waals surface area (Å²) in [5.74, 6) is -0.710. The molecular weight excluding hydrogens is 266 g/mol. The van der Waals surface area contributed by atoms with E-state index in [1.54, 1.807) is 0 Å². The molecule has 0 fully saturated rings. The van der Waals surface area contributed by atoms with Gasteiger partial charge in [0.25, 0.3) is 0 Å². The minimum atomic E-state index is -0.913. The Morgan fingerprint density at radius 2 is 2.14 bits per heavy atom. The molecule has 1 aliphatic rings. The van der Waals surface area contributed by atoms with E-state index in [0.717, 1.165) is 24.0 Å². The summed E-state index contributed by atoms with van der Waals surface area (Å²) in [6.45, 7) is 1.93. The molecule has 1 aromatic carbocycles. The van der Waals surface area contributed by atoms with Gasteiger partial charge in [0.05, 0.1) is 12.5 Å². The first-order valence-electron chi connectivity index (χ1n) is 7.29. The van der Waals surface area contributed by atoms with Crippen molar-refractivity contribution in [3.63, 3.8) is 0 Å². The lowest BCUT2D eigenvalue weighted by atomic mass is 9.98. The topological polar surface area (TPSA) is 66.4 Å². The first-order chi connectivity index (χ1) is 10.1. The number of aryl methyl sites for hydroxylation is 1. The Kier molecular flexibility index (Phi) is 5.14. The zero-order chi connectivity index (χ0) is 15.2. The molecule has 0 spiro atoms. The lowest BCUT2D eigenvalue weighted by Crippen LogP contribution is -2.31. The molecule has 0 heterocycles.